The number of carbonyl (C=O) groups excluding carboxylic acids is 1. The van der Waals surface area contributed by atoms with Crippen LogP contribution in [-0.2, 0) is 13.5 Å². The summed E-state index contributed by atoms with van der Waals surface area (Å²) in [6, 6.07) is 0. The zero-order valence-corrected chi connectivity index (χ0v) is 7.11. The third-order valence-corrected chi connectivity index (χ3v) is 1.58. The highest BCUT2D eigenvalue weighted by Crippen LogP contribution is 2.04. The number of Topliss-reactive ketones (excluding diaryl/α,β-unsaturated/α-hetero) is 1. The summed E-state index contributed by atoms with van der Waals surface area (Å²) in [5.41, 5.74) is 1.04. The van der Waals surface area contributed by atoms with Crippen molar-refractivity contribution >= 4 is 5.78 Å². The molecule has 0 aliphatic rings. The van der Waals surface area contributed by atoms with Crippen LogP contribution in [0.15, 0.2) is 0 Å². The lowest BCUT2D eigenvalue weighted by Gasteiger charge is -1.96. The minimum Gasteiger partial charge on any atom is -0.396 e. The second-order valence-corrected chi connectivity index (χ2v) is 2.54. The molecule has 0 saturated heterocycles. The van der Waals surface area contributed by atoms with Gasteiger partial charge in [0.2, 0.25) is 0 Å². The summed E-state index contributed by atoms with van der Waals surface area (Å²) in [4.78, 5) is 11.0. The highest BCUT2D eigenvalue weighted by molar-refractivity contribution is 5.93. The van der Waals surface area contributed by atoms with E-state index in [2.05, 4.69) is 10.3 Å². The van der Waals surface area contributed by atoms with Gasteiger partial charge in [-0.15, -0.1) is 5.10 Å². The molecule has 1 rings (SSSR count). The van der Waals surface area contributed by atoms with Crippen LogP contribution in [0.3, 0.4) is 0 Å². The Hall–Kier alpha value is -1.23. The summed E-state index contributed by atoms with van der Waals surface area (Å²) < 4.78 is 1.42. The number of rotatable bonds is 3. The van der Waals surface area contributed by atoms with Crippen molar-refractivity contribution in [3.05, 3.63) is 11.4 Å². The first-order valence-corrected chi connectivity index (χ1v) is 3.67. The van der Waals surface area contributed by atoms with Gasteiger partial charge in [0.25, 0.3) is 0 Å². The van der Waals surface area contributed by atoms with Gasteiger partial charge in [0.15, 0.2) is 5.78 Å². The first-order chi connectivity index (χ1) is 5.66. The van der Waals surface area contributed by atoms with Crippen LogP contribution in [0.4, 0.5) is 0 Å². The molecule has 66 valence electrons. The van der Waals surface area contributed by atoms with E-state index in [0.29, 0.717) is 17.8 Å². The van der Waals surface area contributed by atoms with Gasteiger partial charge < -0.3 is 5.11 Å². The van der Waals surface area contributed by atoms with E-state index >= 15 is 0 Å². The summed E-state index contributed by atoms with van der Waals surface area (Å²) in [7, 11) is 1.66. The van der Waals surface area contributed by atoms with Gasteiger partial charge in [-0.2, -0.15) is 0 Å². The summed E-state index contributed by atoms with van der Waals surface area (Å²) in [5.74, 6) is -0.0778. The summed E-state index contributed by atoms with van der Waals surface area (Å²) in [6.45, 7) is 1.44. The minimum absolute atomic E-state index is 0.0149. The molecule has 1 N–H and O–H groups in total. The van der Waals surface area contributed by atoms with E-state index < -0.39 is 0 Å². The molecule has 0 saturated carbocycles. The Balaban J connectivity index is 3.04. The molecule has 5 heteroatoms. The maximum Gasteiger partial charge on any atom is 0.179 e. The summed E-state index contributed by atoms with van der Waals surface area (Å²) >= 11 is 0. The lowest BCUT2D eigenvalue weighted by molar-refractivity contribution is 0.100. The van der Waals surface area contributed by atoms with Gasteiger partial charge in [-0.05, 0) is 0 Å². The molecule has 0 unspecified atom stereocenters. The molecule has 0 radical (unpaired) electrons. The number of aliphatic hydroxyl groups excluding tert-OH is 1. The Labute approximate surface area is 70.0 Å². The van der Waals surface area contributed by atoms with Crippen LogP contribution in [0.25, 0.3) is 0 Å². The largest absolute Gasteiger partial charge is 0.396 e. The van der Waals surface area contributed by atoms with Crippen molar-refractivity contribution in [2.45, 2.75) is 13.3 Å². The molecule has 0 bridgehead atoms. The van der Waals surface area contributed by atoms with Gasteiger partial charge >= 0.3 is 0 Å². The highest BCUT2D eigenvalue weighted by atomic mass is 16.3. The molecule has 0 fully saturated rings. The number of ketones is 1. The van der Waals surface area contributed by atoms with Crippen molar-refractivity contribution in [1.82, 2.24) is 15.0 Å². The Morgan fingerprint density at radius 1 is 1.67 bits per heavy atom. The van der Waals surface area contributed by atoms with E-state index in [9.17, 15) is 4.79 Å². The van der Waals surface area contributed by atoms with E-state index in [4.69, 9.17) is 5.11 Å². The molecule has 0 atom stereocenters. The molecule has 5 nitrogen and oxygen atoms in total. The standard InChI is InChI=1S/C7H11N3O2/c1-5(12)7-6(3-4-11)8-9-10(7)2/h11H,3-4H2,1-2H3. The van der Waals surface area contributed by atoms with Crippen molar-refractivity contribution in [3.8, 4) is 0 Å². The lowest BCUT2D eigenvalue weighted by atomic mass is 10.2. The van der Waals surface area contributed by atoms with Gasteiger partial charge in [-0.3, -0.25) is 4.79 Å². The Bertz CT molecular complexity index is 293. The molecule has 0 amide bonds. The maximum atomic E-state index is 11.0. The zero-order valence-electron chi connectivity index (χ0n) is 7.11. The fourth-order valence-corrected chi connectivity index (χ4v) is 1.11. The molecule has 1 aromatic heterocycles. The van der Waals surface area contributed by atoms with E-state index in [1.165, 1.54) is 11.6 Å². The van der Waals surface area contributed by atoms with Crippen molar-refractivity contribution in [1.29, 1.82) is 0 Å². The van der Waals surface area contributed by atoms with Crippen LogP contribution < -0.4 is 0 Å². The average molecular weight is 169 g/mol. The fraction of sp³-hybridized carbons (Fsp3) is 0.571. The lowest BCUT2D eigenvalue weighted by Crippen LogP contribution is -2.06. The third-order valence-electron chi connectivity index (χ3n) is 1.58. The van der Waals surface area contributed by atoms with Gasteiger partial charge in [-0.1, -0.05) is 5.21 Å². The molecular weight excluding hydrogens is 158 g/mol. The predicted molar refractivity (Wildman–Crippen MR) is 41.8 cm³/mol. The Morgan fingerprint density at radius 3 is 2.83 bits per heavy atom. The van der Waals surface area contributed by atoms with Crippen LogP contribution >= 0.6 is 0 Å². The van der Waals surface area contributed by atoms with E-state index in [-0.39, 0.29) is 12.4 Å². The van der Waals surface area contributed by atoms with Gasteiger partial charge in [0, 0.05) is 27.0 Å². The molecular formula is C7H11N3O2. The smallest absolute Gasteiger partial charge is 0.179 e. The highest BCUT2D eigenvalue weighted by Gasteiger charge is 2.13. The third kappa shape index (κ3) is 1.50. The number of aliphatic hydroxyl groups is 1. The van der Waals surface area contributed by atoms with Crippen molar-refractivity contribution in [2.24, 2.45) is 7.05 Å². The molecule has 1 aromatic rings. The molecule has 1 heterocycles. The maximum absolute atomic E-state index is 11.0. The van der Waals surface area contributed by atoms with Crippen LogP contribution in [0.5, 0.6) is 0 Å². The average Bonchev–Trinajstić information content (AvgIpc) is 2.32. The first kappa shape index (κ1) is 8.86. The van der Waals surface area contributed by atoms with Gasteiger partial charge in [0.05, 0.1) is 5.69 Å². The van der Waals surface area contributed by atoms with E-state index in [1.807, 2.05) is 0 Å². The number of carbonyl (C=O) groups is 1. The Morgan fingerprint density at radius 2 is 2.33 bits per heavy atom. The van der Waals surface area contributed by atoms with Crippen LogP contribution in [-0.4, -0.2) is 32.5 Å². The molecule has 0 aromatic carbocycles. The number of aromatic nitrogens is 3. The minimum atomic E-state index is -0.0778. The van der Waals surface area contributed by atoms with Gasteiger partial charge in [-0.25, -0.2) is 4.68 Å². The Kier molecular flexibility index (Phi) is 2.54. The SMILES string of the molecule is CC(=O)c1c(CCO)nnn1C. The van der Waals surface area contributed by atoms with Crippen LogP contribution in [0.2, 0.25) is 0 Å². The van der Waals surface area contributed by atoms with Crippen molar-refractivity contribution in [2.75, 3.05) is 6.61 Å². The van der Waals surface area contributed by atoms with Crippen LogP contribution in [0.1, 0.15) is 23.1 Å². The van der Waals surface area contributed by atoms with Crippen molar-refractivity contribution < 1.29 is 9.90 Å². The van der Waals surface area contributed by atoms with Crippen LogP contribution in [0, 0.1) is 0 Å². The quantitative estimate of drug-likeness (QED) is 0.622. The molecule has 12 heavy (non-hydrogen) atoms. The van der Waals surface area contributed by atoms with Gasteiger partial charge in [0.1, 0.15) is 5.69 Å². The van der Waals surface area contributed by atoms with E-state index in [1.54, 1.807) is 7.05 Å². The topological polar surface area (TPSA) is 68.0 Å². The second kappa shape index (κ2) is 3.44. The summed E-state index contributed by atoms with van der Waals surface area (Å²) in [6.07, 6.45) is 0.378. The second-order valence-electron chi connectivity index (χ2n) is 2.54. The summed E-state index contributed by atoms with van der Waals surface area (Å²) in [5, 5.41) is 16.1. The number of nitrogens with zero attached hydrogens (tertiary/aromatic N) is 3. The number of aryl methyl sites for hydroxylation is 1. The van der Waals surface area contributed by atoms with Crippen molar-refractivity contribution in [3.63, 3.8) is 0 Å². The monoisotopic (exact) mass is 169 g/mol. The molecule has 0 aliphatic heterocycles. The molecule has 0 spiro atoms. The first-order valence-electron chi connectivity index (χ1n) is 3.67. The fourth-order valence-electron chi connectivity index (χ4n) is 1.11. The van der Waals surface area contributed by atoms with E-state index in [0.717, 1.165) is 0 Å². The normalized spacial score (nSPS) is 10.2. The predicted octanol–water partition coefficient (Wildman–Crippen LogP) is -0.448. The molecule has 0 aliphatic carbocycles. The zero-order chi connectivity index (χ0) is 9.14. The number of hydrogen-bond donors (Lipinski definition) is 1. The number of hydrogen-bond acceptors (Lipinski definition) is 4.